The summed E-state index contributed by atoms with van der Waals surface area (Å²) in [4.78, 5) is 0. The molecule has 0 saturated heterocycles. The maximum atomic E-state index is 8.83. The van der Waals surface area contributed by atoms with Crippen LogP contribution in [0.5, 0.6) is 11.5 Å². The maximum Gasteiger partial charge on any atom is 0.123 e. The zero-order valence-corrected chi connectivity index (χ0v) is 5.09. The molecule has 0 fully saturated rings. The molecular formula is C7H7O2. The predicted molar refractivity (Wildman–Crippen MR) is 33.5 cm³/mol. The van der Waals surface area contributed by atoms with Crippen LogP contribution in [0.25, 0.3) is 0 Å². The van der Waals surface area contributed by atoms with Crippen LogP contribution < -0.4 is 4.74 Å². The first kappa shape index (κ1) is 5.95. The van der Waals surface area contributed by atoms with E-state index in [1.807, 2.05) is 0 Å². The maximum absolute atomic E-state index is 8.83. The highest BCUT2D eigenvalue weighted by Crippen LogP contribution is 2.15. The minimum Gasteiger partial charge on any atom is -0.508 e. The molecule has 1 aromatic rings. The molecule has 2 heteroatoms. The molecule has 9 heavy (non-hydrogen) atoms. The van der Waals surface area contributed by atoms with Crippen LogP contribution in [0.4, 0.5) is 0 Å². The number of hydrogen-bond donors (Lipinski definition) is 1. The summed E-state index contributed by atoms with van der Waals surface area (Å²) in [6.45, 7) is 0. The van der Waals surface area contributed by atoms with Crippen LogP contribution >= 0.6 is 0 Å². The third-order valence-electron chi connectivity index (χ3n) is 0.983. The first-order valence-electron chi connectivity index (χ1n) is 2.57. The molecule has 1 aromatic carbocycles. The zero-order chi connectivity index (χ0) is 6.69. The lowest BCUT2D eigenvalue weighted by atomic mass is 10.3. The summed E-state index contributed by atoms with van der Waals surface area (Å²) in [6, 6.07) is 7.36. The van der Waals surface area contributed by atoms with E-state index >= 15 is 0 Å². The first-order valence-corrected chi connectivity index (χ1v) is 2.57. The standard InChI is InChI=1S/C7H7O2/c1-9-7-4-2-3-6(8)5-7/h3-5,8H,1H3. The Kier molecular flexibility index (Phi) is 1.58. The molecule has 0 aliphatic heterocycles. The van der Waals surface area contributed by atoms with Gasteiger partial charge in [-0.25, -0.2) is 0 Å². The Labute approximate surface area is 53.7 Å². The van der Waals surface area contributed by atoms with Crippen molar-refractivity contribution in [2.24, 2.45) is 0 Å². The van der Waals surface area contributed by atoms with Crippen molar-refractivity contribution in [2.45, 2.75) is 0 Å². The Morgan fingerprint density at radius 1 is 1.56 bits per heavy atom. The quantitative estimate of drug-likeness (QED) is 0.608. The number of phenols is 1. The lowest BCUT2D eigenvalue weighted by Gasteiger charge is -1.96. The molecule has 0 aliphatic carbocycles. The van der Waals surface area contributed by atoms with E-state index < -0.39 is 0 Å². The van der Waals surface area contributed by atoms with Crippen molar-refractivity contribution < 1.29 is 9.84 Å². The molecule has 0 bridgehead atoms. The summed E-state index contributed by atoms with van der Waals surface area (Å²) >= 11 is 0. The lowest BCUT2D eigenvalue weighted by Crippen LogP contribution is -1.79. The summed E-state index contributed by atoms with van der Waals surface area (Å²) in [6.07, 6.45) is 0. The second-order valence-corrected chi connectivity index (χ2v) is 1.63. The number of phenolic OH excluding ortho intramolecular Hbond substituents is 1. The molecule has 0 aliphatic rings. The van der Waals surface area contributed by atoms with Crippen molar-refractivity contribution in [1.82, 2.24) is 0 Å². The van der Waals surface area contributed by atoms with E-state index in [1.54, 1.807) is 13.2 Å². The van der Waals surface area contributed by atoms with E-state index in [-0.39, 0.29) is 5.75 Å². The third-order valence-corrected chi connectivity index (χ3v) is 0.983. The number of aromatic hydroxyl groups is 1. The largest absolute Gasteiger partial charge is 0.508 e. The third kappa shape index (κ3) is 1.35. The molecule has 1 N–H and O–H groups in total. The molecule has 0 amide bonds. The van der Waals surface area contributed by atoms with Crippen LogP contribution in [0.15, 0.2) is 18.2 Å². The Morgan fingerprint density at radius 2 is 2.33 bits per heavy atom. The first-order chi connectivity index (χ1) is 4.33. The molecule has 2 nitrogen and oxygen atoms in total. The summed E-state index contributed by atoms with van der Waals surface area (Å²) < 4.78 is 4.80. The number of rotatable bonds is 1. The summed E-state index contributed by atoms with van der Waals surface area (Å²) in [5, 5.41) is 8.83. The van der Waals surface area contributed by atoms with Crippen LogP contribution in [0.3, 0.4) is 0 Å². The van der Waals surface area contributed by atoms with Crippen molar-refractivity contribution in [3.63, 3.8) is 0 Å². The molecule has 0 saturated carbocycles. The van der Waals surface area contributed by atoms with Crippen molar-refractivity contribution >= 4 is 0 Å². The van der Waals surface area contributed by atoms with E-state index in [9.17, 15) is 0 Å². The molecule has 1 rings (SSSR count). The Bertz CT molecular complexity index is 196. The summed E-state index contributed by atoms with van der Waals surface area (Å²) in [5.41, 5.74) is 0. The van der Waals surface area contributed by atoms with Crippen LogP contribution in [0, 0.1) is 6.07 Å². The molecule has 0 heterocycles. The predicted octanol–water partition coefficient (Wildman–Crippen LogP) is 1.20. The highest BCUT2D eigenvalue weighted by molar-refractivity contribution is 5.30. The number of ether oxygens (including phenoxy) is 1. The van der Waals surface area contributed by atoms with Gasteiger partial charge >= 0.3 is 0 Å². The van der Waals surface area contributed by atoms with Gasteiger partial charge in [0.15, 0.2) is 0 Å². The fraction of sp³-hybridized carbons (Fsp3) is 0.143. The van der Waals surface area contributed by atoms with Gasteiger partial charge in [-0.15, -0.1) is 0 Å². The van der Waals surface area contributed by atoms with Gasteiger partial charge in [0.05, 0.1) is 7.11 Å². The van der Waals surface area contributed by atoms with Gasteiger partial charge in [0.1, 0.15) is 11.5 Å². The smallest absolute Gasteiger partial charge is 0.123 e. The Morgan fingerprint density at radius 3 is 2.78 bits per heavy atom. The Balaban J connectivity index is 2.94. The number of methoxy groups -OCH3 is 1. The van der Waals surface area contributed by atoms with Gasteiger partial charge in [-0.1, -0.05) is 0 Å². The van der Waals surface area contributed by atoms with Crippen LogP contribution in [0.1, 0.15) is 0 Å². The molecule has 0 aromatic heterocycles. The molecular weight excluding hydrogens is 116 g/mol. The topological polar surface area (TPSA) is 29.5 Å². The van der Waals surface area contributed by atoms with Gasteiger partial charge in [-0.3, -0.25) is 0 Å². The number of benzene rings is 1. The van der Waals surface area contributed by atoms with Crippen molar-refractivity contribution in [3.05, 3.63) is 24.3 Å². The van der Waals surface area contributed by atoms with Gasteiger partial charge in [-0.2, -0.15) is 0 Å². The summed E-state index contributed by atoms with van der Waals surface area (Å²) in [7, 11) is 1.54. The number of hydrogen-bond acceptors (Lipinski definition) is 2. The zero-order valence-electron chi connectivity index (χ0n) is 5.09. The van der Waals surface area contributed by atoms with Gasteiger partial charge < -0.3 is 9.84 Å². The highest BCUT2D eigenvalue weighted by Gasteiger charge is 1.89. The van der Waals surface area contributed by atoms with Gasteiger partial charge in [-0.05, 0) is 18.2 Å². The van der Waals surface area contributed by atoms with Crippen LogP contribution in [-0.4, -0.2) is 12.2 Å². The molecule has 47 valence electrons. The fourth-order valence-electron chi connectivity index (χ4n) is 0.556. The SMILES string of the molecule is COc1c[c]cc(O)c1. The van der Waals surface area contributed by atoms with E-state index in [4.69, 9.17) is 9.84 Å². The normalized spacial score (nSPS) is 9.00. The average molecular weight is 123 g/mol. The van der Waals surface area contributed by atoms with Crippen molar-refractivity contribution in [3.8, 4) is 11.5 Å². The lowest BCUT2D eigenvalue weighted by molar-refractivity contribution is 0.407. The molecule has 0 unspecified atom stereocenters. The molecule has 1 radical (unpaired) electrons. The van der Waals surface area contributed by atoms with Gasteiger partial charge in [0.25, 0.3) is 0 Å². The molecule has 0 spiro atoms. The molecule has 0 atom stereocenters. The van der Waals surface area contributed by atoms with Crippen LogP contribution in [-0.2, 0) is 0 Å². The van der Waals surface area contributed by atoms with Gasteiger partial charge in [0, 0.05) is 6.07 Å². The van der Waals surface area contributed by atoms with Crippen molar-refractivity contribution in [2.75, 3.05) is 7.11 Å². The summed E-state index contributed by atoms with van der Waals surface area (Å²) in [5.74, 6) is 0.796. The van der Waals surface area contributed by atoms with E-state index in [0.29, 0.717) is 5.75 Å². The fourth-order valence-corrected chi connectivity index (χ4v) is 0.556. The minimum atomic E-state index is 0.175. The van der Waals surface area contributed by atoms with E-state index in [1.165, 1.54) is 12.1 Å². The minimum absolute atomic E-state index is 0.175. The second kappa shape index (κ2) is 2.40. The average Bonchev–Trinajstić information content (AvgIpc) is 1.88. The second-order valence-electron chi connectivity index (χ2n) is 1.63. The van der Waals surface area contributed by atoms with Crippen LogP contribution in [0.2, 0.25) is 0 Å². The van der Waals surface area contributed by atoms with Crippen molar-refractivity contribution in [1.29, 1.82) is 0 Å². The van der Waals surface area contributed by atoms with E-state index in [0.717, 1.165) is 0 Å². The Hall–Kier alpha value is -1.18. The monoisotopic (exact) mass is 123 g/mol. The van der Waals surface area contributed by atoms with Gasteiger partial charge in [0.2, 0.25) is 0 Å². The van der Waals surface area contributed by atoms with E-state index in [2.05, 4.69) is 6.07 Å². The highest BCUT2D eigenvalue weighted by atomic mass is 16.5.